The van der Waals surface area contributed by atoms with Crippen LogP contribution >= 0.6 is 12.2 Å². The van der Waals surface area contributed by atoms with Crippen molar-refractivity contribution in [1.82, 2.24) is 15.8 Å². The zero-order chi connectivity index (χ0) is 28.1. The van der Waals surface area contributed by atoms with Crippen LogP contribution in [0.2, 0.25) is 0 Å². The maximum absolute atomic E-state index is 14.3. The zero-order valence-corrected chi connectivity index (χ0v) is 19.5. The van der Waals surface area contributed by atoms with Crippen molar-refractivity contribution in [3.05, 3.63) is 64.5 Å². The second kappa shape index (κ2) is 9.48. The number of pyridine rings is 1. The number of hydrogen-bond acceptors (Lipinski definition) is 5. The third kappa shape index (κ3) is 5.32. The van der Waals surface area contributed by atoms with Crippen LogP contribution in [0.5, 0.6) is 0 Å². The van der Waals surface area contributed by atoms with Crippen LogP contribution in [0.25, 0.3) is 0 Å². The number of aromatic nitrogens is 1. The summed E-state index contributed by atoms with van der Waals surface area (Å²) in [5.41, 5.74) is -5.99. The van der Waals surface area contributed by atoms with Gasteiger partial charge in [0.25, 0.3) is 5.91 Å². The van der Waals surface area contributed by atoms with Crippen molar-refractivity contribution in [3.8, 4) is 0 Å². The first-order chi connectivity index (χ1) is 17.5. The highest BCUT2D eigenvalue weighted by Gasteiger charge is 2.59. The number of nitrogens with one attached hydrogen (secondary N) is 2. The van der Waals surface area contributed by atoms with Crippen LogP contribution in [-0.2, 0) is 27.4 Å². The Morgan fingerprint density at radius 2 is 1.66 bits per heavy atom. The largest absolute Gasteiger partial charge is 0.416 e. The number of nitrogens with zero attached hydrogens (tertiary/aromatic N) is 2. The highest BCUT2D eigenvalue weighted by Crippen LogP contribution is 2.50. The lowest BCUT2D eigenvalue weighted by Crippen LogP contribution is -2.44. The van der Waals surface area contributed by atoms with E-state index in [1.807, 2.05) is 0 Å². The molecule has 204 valence electrons. The van der Waals surface area contributed by atoms with Gasteiger partial charge in [0.1, 0.15) is 23.1 Å². The fourth-order valence-corrected chi connectivity index (χ4v) is 4.23. The van der Waals surface area contributed by atoms with Crippen LogP contribution < -0.4 is 10.8 Å². The van der Waals surface area contributed by atoms with Gasteiger partial charge in [-0.25, -0.2) is 5.48 Å². The number of aliphatic imine (C=N–C) groups is 1. The molecule has 1 amide bonds. The number of rotatable bonds is 4. The summed E-state index contributed by atoms with van der Waals surface area (Å²) in [6.07, 6.45) is -15.7. The third-order valence-electron chi connectivity index (χ3n) is 6.06. The molecule has 2 aliphatic rings. The monoisotopic (exact) mass is 570 g/mol. The van der Waals surface area contributed by atoms with E-state index in [-0.39, 0.29) is 46.8 Å². The van der Waals surface area contributed by atoms with E-state index in [9.17, 15) is 44.3 Å². The number of halogens is 9. The second-order valence-corrected chi connectivity index (χ2v) is 8.96. The third-order valence-corrected chi connectivity index (χ3v) is 6.41. The predicted octanol–water partition coefficient (Wildman–Crippen LogP) is 4.51. The molecule has 0 bridgehead atoms. The first-order valence-corrected chi connectivity index (χ1v) is 11.0. The molecule has 2 unspecified atom stereocenters. The van der Waals surface area contributed by atoms with Crippen molar-refractivity contribution < 1.29 is 49.1 Å². The van der Waals surface area contributed by atoms with Gasteiger partial charge in [0, 0.05) is 18.2 Å². The van der Waals surface area contributed by atoms with Gasteiger partial charge in [-0.1, -0.05) is 12.2 Å². The van der Waals surface area contributed by atoms with Crippen molar-refractivity contribution in [2.45, 2.75) is 36.4 Å². The molecule has 1 aromatic carbocycles. The van der Waals surface area contributed by atoms with Gasteiger partial charge in [-0.05, 0) is 35.9 Å². The molecular weight excluding hydrogens is 555 g/mol. The molecule has 0 radical (unpaired) electrons. The molecular formula is C22H15F9N4O2S. The molecule has 0 spiro atoms. The highest BCUT2D eigenvalue weighted by atomic mass is 32.1. The quantitative estimate of drug-likeness (QED) is 0.418. The zero-order valence-electron chi connectivity index (χ0n) is 18.7. The van der Waals surface area contributed by atoms with Crippen molar-refractivity contribution >= 4 is 28.8 Å². The van der Waals surface area contributed by atoms with Crippen molar-refractivity contribution in [1.29, 1.82) is 0 Å². The predicted molar refractivity (Wildman–Crippen MR) is 117 cm³/mol. The lowest BCUT2D eigenvalue weighted by molar-refractivity contribution is -0.184. The van der Waals surface area contributed by atoms with E-state index in [1.54, 1.807) is 0 Å². The molecule has 2 aromatic rings. The fourth-order valence-electron chi connectivity index (χ4n) is 3.97. The molecule has 2 aliphatic heterocycles. The maximum Gasteiger partial charge on any atom is 0.416 e. The number of hydrogen-bond donors (Lipinski definition) is 2. The molecule has 1 fully saturated rings. The Balaban J connectivity index is 1.64. The Hall–Kier alpha value is -3.27. The first kappa shape index (κ1) is 27.8. The lowest BCUT2D eigenvalue weighted by atomic mass is 9.76. The summed E-state index contributed by atoms with van der Waals surface area (Å²) in [7, 11) is 0. The Morgan fingerprint density at radius 1 is 1.03 bits per heavy atom. The van der Waals surface area contributed by atoms with E-state index >= 15 is 0 Å². The average molecular weight is 570 g/mol. The molecule has 2 N–H and O–H groups in total. The van der Waals surface area contributed by atoms with Crippen molar-refractivity contribution in [3.63, 3.8) is 0 Å². The number of benzene rings is 1. The minimum absolute atomic E-state index is 0.00753. The summed E-state index contributed by atoms with van der Waals surface area (Å²) < 4.78 is 123. The SMILES string of the molecule is O=C1NOCC1NC(=S)c1ccc(C2=NCC(c3cc(C(F)(F)F)cc(C(F)(F)F)c3)(C(F)(F)F)C2)nc1. The van der Waals surface area contributed by atoms with Gasteiger partial charge in [-0.15, -0.1) is 0 Å². The lowest BCUT2D eigenvalue weighted by Gasteiger charge is -2.32. The summed E-state index contributed by atoms with van der Waals surface area (Å²) in [4.78, 5) is 24.2. The molecule has 1 saturated heterocycles. The van der Waals surface area contributed by atoms with Crippen LogP contribution in [0.15, 0.2) is 41.5 Å². The first-order valence-electron chi connectivity index (χ1n) is 10.6. The summed E-state index contributed by atoms with van der Waals surface area (Å²) in [6.45, 7) is -1.14. The molecule has 1 aromatic heterocycles. The minimum Gasteiger partial charge on any atom is -0.362 e. The minimum atomic E-state index is -5.32. The van der Waals surface area contributed by atoms with E-state index in [1.165, 1.54) is 18.3 Å². The van der Waals surface area contributed by atoms with E-state index < -0.39 is 65.5 Å². The Bertz CT molecular complexity index is 1260. The molecule has 38 heavy (non-hydrogen) atoms. The van der Waals surface area contributed by atoms with Crippen molar-refractivity contribution in [2.75, 3.05) is 13.2 Å². The summed E-state index contributed by atoms with van der Waals surface area (Å²) in [6, 6.07) is 1.77. The number of alkyl halides is 9. The Morgan fingerprint density at radius 3 is 2.13 bits per heavy atom. The van der Waals surface area contributed by atoms with E-state index in [0.717, 1.165) is 0 Å². The van der Waals surface area contributed by atoms with E-state index in [0.29, 0.717) is 0 Å². The number of thiocarbonyl (C=S) groups is 1. The summed E-state index contributed by atoms with van der Waals surface area (Å²) in [5.74, 6) is -0.469. The van der Waals surface area contributed by atoms with Gasteiger partial charge in [0.05, 0.1) is 29.1 Å². The Labute approximate surface area is 213 Å². The van der Waals surface area contributed by atoms with E-state index in [4.69, 9.17) is 17.1 Å². The normalized spacial score (nSPS) is 22.3. The number of hydroxylamine groups is 1. The average Bonchev–Trinajstić information content (AvgIpc) is 3.45. The fraction of sp³-hybridized carbons (Fsp3) is 0.364. The molecule has 6 nitrogen and oxygen atoms in total. The number of carbonyl (C=O) groups is 1. The topological polar surface area (TPSA) is 75.6 Å². The van der Waals surface area contributed by atoms with Gasteiger partial charge < -0.3 is 5.32 Å². The van der Waals surface area contributed by atoms with Crippen LogP contribution in [0, 0.1) is 0 Å². The number of carbonyl (C=O) groups excluding carboxylic acids is 1. The Kier molecular flexibility index (Phi) is 6.93. The smallest absolute Gasteiger partial charge is 0.362 e. The van der Waals surface area contributed by atoms with Crippen LogP contribution in [-0.4, -0.2) is 47.0 Å². The highest BCUT2D eigenvalue weighted by molar-refractivity contribution is 7.80. The van der Waals surface area contributed by atoms with Gasteiger partial charge in [-0.2, -0.15) is 39.5 Å². The molecule has 2 atom stereocenters. The van der Waals surface area contributed by atoms with Gasteiger partial charge >= 0.3 is 18.5 Å². The standard InChI is InChI=1S/C22H15F9N4O2S/c23-20(24,25)12-3-11(4-13(5-12)21(26,27)28)19(22(29,30)31)6-15(33-9-19)14-2-1-10(7-32-14)18(38)34-16-8-37-35-17(16)36/h1-5,7,16H,6,8-9H2,(H,34,38)(H,35,36). The number of amides is 1. The summed E-state index contributed by atoms with van der Waals surface area (Å²) >= 11 is 5.17. The van der Waals surface area contributed by atoms with Gasteiger partial charge in [0.15, 0.2) is 0 Å². The second-order valence-electron chi connectivity index (χ2n) is 8.55. The van der Waals surface area contributed by atoms with Crippen LogP contribution in [0.1, 0.15) is 34.4 Å². The van der Waals surface area contributed by atoms with Crippen LogP contribution in [0.3, 0.4) is 0 Å². The maximum atomic E-state index is 14.3. The molecule has 16 heteroatoms. The summed E-state index contributed by atoms with van der Waals surface area (Å²) in [5, 5.41) is 2.71. The molecule has 0 aliphatic carbocycles. The van der Waals surface area contributed by atoms with Gasteiger partial charge in [0.2, 0.25) is 0 Å². The van der Waals surface area contributed by atoms with Crippen molar-refractivity contribution in [2.24, 2.45) is 4.99 Å². The van der Waals surface area contributed by atoms with Gasteiger partial charge in [-0.3, -0.25) is 19.6 Å². The molecule has 0 saturated carbocycles. The van der Waals surface area contributed by atoms with E-state index in [2.05, 4.69) is 20.8 Å². The molecule has 3 heterocycles. The molecule has 4 rings (SSSR count). The van der Waals surface area contributed by atoms with Crippen LogP contribution in [0.4, 0.5) is 39.5 Å².